The van der Waals surface area contributed by atoms with Gasteiger partial charge in [-0.05, 0) is 33.6 Å². The summed E-state index contributed by atoms with van der Waals surface area (Å²) in [5.74, 6) is 0. The molecule has 0 aromatic carbocycles. The second-order valence-electron chi connectivity index (χ2n) is 6.12. The highest BCUT2D eigenvalue weighted by atomic mass is 19.1. The molecule has 6 nitrogen and oxygen atoms in total. The van der Waals surface area contributed by atoms with Crippen LogP contribution in [0.15, 0.2) is 12.4 Å². The van der Waals surface area contributed by atoms with Crippen LogP contribution in [0.5, 0.6) is 0 Å². The van der Waals surface area contributed by atoms with E-state index in [4.69, 9.17) is 4.74 Å². The van der Waals surface area contributed by atoms with Crippen LogP contribution in [0.2, 0.25) is 0 Å². The van der Waals surface area contributed by atoms with Gasteiger partial charge in [0.25, 0.3) is 0 Å². The second-order valence-corrected chi connectivity index (χ2v) is 6.12. The SMILES string of the molecule is CC(C)(C)OC(=O)NC1CCN(c2cnc(F)nc2)CC1. The van der Waals surface area contributed by atoms with Gasteiger partial charge in [0.15, 0.2) is 0 Å². The molecule has 116 valence electrons. The maximum absolute atomic E-state index is 12.7. The summed E-state index contributed by atoms with van der Waals surface area (Å²) in [6, 6.07) is 0.0949. The van der Waals surface area contributed by atoms with Gasteiger partial charge in [-0.1, -0.05) is 0 Å². The predicted octanol–water partition coefficient (Wildman–Crippen LogP) is 2.11. The lowest BCUT2D eigenvalue weighted by Crippen LogP contribution is -2.46. The fourth-order valence-corrected chi connectivity index (χ4v) is 2.23. The minimum atomic E-state index is -0.722. The van der Waals surface area contributed by atoms with E-state index in [2.05, 4.69) is 20.2 Å². The Morgan fingerprint density at radius 3 is 2.43 bits per heavy atom. The molecule has 0 atom stereocenters. The number of piperidine rings is 1. The third kappa shape index (κ3) is 4.84. The van der Waals surface area contributed by atoms with Crippen molar-refractivity contribution in [3.8, 4) is 0 Å². The Labute approximate surface area is 123 Å². The molecule has 1 fully saturated rings. The zero-order valence-electron chi connectivity index (χ0n) is 12.6. The van der Waals surface area contributed by atoms with Crippen LogP contribution in [0.25, 0.3) is 0 Å². The van der Waals surface area contributed by atoms with E-state index >= 15 is 0 Å². The highest BCUT2D eigenvalue weighted by Crippen LogP contribution is 2.18. The van der Waals surface area contributed by atoms with Gasteiger partial charge in [-0.2, -0.15) is 4.39 Å². The average molecular weight is 296 g/mol. The van der Waals surface area contributed by atoms with Crippen molar-refractivity contribution in [3.05, 3.63) is 18.5 Å². The number of carbonyl (C=O) groups is 1. The summed E-state index contributed by atoms with van der Waals surface area (Å²) in [6.07, 6.45) is 3.45. The van der Waals surface area contributed by atoms with E-state index in [1.54, 1.807) is 0 Å². The zero-order chi connectivity index (χ0) is 15.5. The molecule has 1 amide bonds. The van der Waals surface area contributed by atoms with Gasteiger partial charge in [-0.25, -0.2) is 14.8 Å². The van der Waals surface area contributed by atoms with E-state index in [1.807, 2.05) is 20.8 Å². The first kappa shape index (κ1) is 15.5. The number of anilines is 1. The van der Waals surface area contributed by atoms with Crippen LogP contribution < -0.4 is 10.2 Å². The van der Waals surface area contributed by atoms with Crippen LogP contribution in [-0.2, 0) is 4.74 Å². The lowest BCUT2D eigenvalue weighted by molar-refractivity contribution is 0.0497. The Kier molecular flexibility index (Phi) is 4.59. The van der Waals surface area contributed by atoms with Crippen LogP contribution in [0.3, 0.4) is 0 Å². The van der Waals surface area contributed by atoms with Gasteiger partial charge in [-0.15, -0.1) is 0 Å². The lowest BCUT2D eigenvalue weighted by atomic mass is 10.1. The molecule has 0 saturated carbocycles. The number of hydrogen-bond acceptors (Lipinski definition) is 5. The van der Waals surface area contributed by atoms with E-state index < -0.39 is 11.7 Å². The average Bonchev–Trinajstić information content (AvgIpc) is 2.38. The zero-order valence-corrected chi connectivity index (χ0v) is 12.6. The predicted molar refractivity (Wildman–Crippen MR) is 76.6 cm³/mol. The van der Waals surface area contributed by atoms with Crippen molar-refractivity contribution >= 4 is 11.8 Å². The summed E-state index contributed by atoms with van der Waals surface area (Å²) in [5.41, 5.74) is 0.308. The van der Waals surface area contributed by atoms with Gasteiger partial charge >= 0.3 is 12.2 Å². The van der Waals surface area contributed by atoms with E-state index in [0.717, 1.165) is 31.6 Å². The molecule has 1 aliphatic heterocycles. The van der Waals surface area contributed by atoms with Gasteiger partial charge < -0.3 is 15.0 Å². The standard InChI is InChI=1S/C14H21FN4O2/c1-14(2,3)21-13(20)18-10-4-6-19(7-5-10)11-8-16-12(15)17-9-11/h8-10H,4-7H2,1-3H3,(H,18,20). The first-order valence-electron chi connectivity index (χ1n) is 7.05. The molecule has 7 heteroatoms. The number of hydrogen-bond donors (Lipinski definition) is 1. The maximum atomic E-state index is 12.7. The maximum Gasteiger partial charge on any atom is 0.407 e. The number of aromatic nitrogens is 2. The molecule has 0 bridgehead atoms. The first-order chi connectivity index (χ1) is 9.83. The molecule has 1 N–H and O–H groups in total. The smallest absolute Gasteiger partial charge is 0.407 e. The number of amides is 1. The minimum absolute atomic E-state index is 0.0949. The number of rotatable bonds is 2. The number of ether oxygens (including phenoxy) is 1. The molecular formula is C14H21FN4O2. The molecule has 1 aliphatic rings. The Hall–Kier alpha value is -1.92. The van der Waals surface area contributed by atoms with Crippen molar-refractivity contribution in [1.29, 1.82) is 0 Å². The fourth-order valence-electron chi connectivity index (χ4n) is 2.23. The van der Waals surface area contributed by atoms with E-state index in [1.165, 1.54) is 12.4 Å². The van der Waals surface area contributed by atoms with E-state index in [0.29, 0.717) is 0 Å². The van der Waals surface area contributed by atoms with Gasteiger partial charge in [0.1, 0.15) is 5.60 Å². The van der Waals surface area contributed by atoms with Gasteiger partial charge in [0.05, 0.1) is 18.1 Å². The highest BCUT2D eigenvalue weighted by Gasteiger charge is 2.23. The number of alkyl carbamates (subject to hydrolysis) is 1. The largest absolute Gasteiger partial charge is 0.444 e. The van der Waals surface area contributed by atoms with Gasteiger partial charge in [-0.3, -0.25) is 0 Å². The number of carbonyl (C=O) groups excluding carboxylic acids is 1. The van der Waals surface area contributed by atoms with Crippen molar-refractivity contribution in [1.82, 2.24) is 15.3 Å². The number of nitrogens with one attached hydrogen (secondary N) is 1. The monoisotopic (exact) mass is 296 g/mol. The van der Waals surface area contributed by atoms with Crippen LogP contribution in [-0.4, -0.2) is 40.8 Å². The van der Waals surface area contributed by atoms with Crippen LogP contribution in [0.4, 0.5) is 14.9 Å². The topological polar surface area (TPSA) is 67.3 Å². The molecule has 21 heavy (non-hydrogen) atoms. The molecule has 1 aromatic rings. The third-order valence-electron chi connectivity index (χ3n) is 3.19. The summed E-state index contributed by atoms with van der Waals surface area (Å²) in [7, 11) is 0. The number of halogens is 1. The van der Waals surface area contributed by atoms with Crippen LogP contribution >= 0.6 is 0 Å². The molecular weight excluding hydrogens is 275 g/mol. The first-order valence-corrected chi connectivity index (χ1v) is 7.05. The molecule has 0 unspecified atom stereocenters. The quantitative estimate of drug-likeness (QED) is 0.847. The molecule has 1 saturated heterocycles. The van der Waals surface area contributed by atoms with Gasteiger partial charge in [0.2, 0.25) is 0 Å². The van der Waals surface area contributed by atoms with Crippen molar-refractivity contribution in [2.45, 2.75) is 45.3 Å². The van der Waals surface area contributed by atoms with Crippen molar-refractivity contribution < 1.29 is 13.9 Å². The minimum Gasteiger partial charge on any atom is -0.444 e. The third-order valence-corrected chi connectivity index (χ3v) is 3.19. The summed E-state index contributed by atoms with van der Waals surface area (Å²) < 4.78 is 17.9. The normalized spacial score (nSPS) is 16.7. The highest BCUT2D eigenvalue weighted by molar-refractivity contribution is 5.68. The summed E-state index contributed by atoms with van der Waals surface area (Å²) in [4.78, 5) is 20.9. The van der Waals surface area contributed by atoms with Crippen LogP contribution in [0.1, 0.15) is 33.6 Å². The number of nitrogens with zero attached hydrogens (tertiary/aromatic N) is 3. The Balaban J connectivity index is 1.80. The van der Waals surface area contributed by atoms with Crippen LogP contribution in [0, 0.1) is 6.08 Å². The fraction of sp³-hybridized carbons (Fsp3) is 0.643. The van der Waals surface area contributed by atoms with Gasteiger partial charge in [0, 0.05) is 19.1 Å². The molecule has 0 aliphatic carbocycles. The van der Waals surface area contributed by atoms with E-state index in [9.17, 15) is 9.18 Å². The Morgan fingerprint density at radius 2 is 1.90 bits per heavy atom. The molecule has 0 radical (unpaired) electrons. The van der Waals surface area contributed by atoms with Crippen molar-refractivity contribution in [2.24, 2.45) is 0 Å². The molecule has 0 spiro atoms. The molecule has 1 aromatic heterocycles. The van der Waals surface area contributed by atoms with Crippen molar-refractivity contribution in [3.63, 3.8) is 0 Å². The summed E-state index contributed by atoms with van der Waals surface area (Å²) in [5, 5.41) is 2.88. The Bertz CT molecular complexity index is 479. The lowest BCUT2D eigenvalue weighted by Gasteiger charge is -2.33. The second kappa shape index (κ2) is 6.24. The summed E-state index contributed by atoms with van der Waals surface area (Å²) >= 11 is 0. The van der Waals surface area contributed by atoms with E-state index in [-0.39, 0.29) is 12.1 Å². The Morgan fingerprint density at radius 1 is 1.33 bits per heavy atom. The van der Waals surface area contributed by atoms with Crippen molar-refractivity contribution in [2.75, 3.05) is 18.0 Å². The molecule has 2 rings (SSSR count). The molecule has 2 heterocycles. The summed E-state index contributed by atoms with van der Waals surface area (Å²) in [6.45, 7) is 7.03.